The van der Waals surface area contributed by atoms with Crippen LogP contribution in [0.2, 0.25) is 0 Å². The van der Waals surface area contributed by atoms with Crippen molar-refractivity contribution in [2.75, 3.05) is 12.8 Å². The molecule has 0 spiro atoms. The Morgan fingerprint density at radius 2 is 1.74 bits per heavy atom. The van der Waals surface area contributed by atoms with E-state index in [9.17, 15) is 0 Å². The molecule has 112 valence electrons. The van der Waals surface area contributed by atoms with Crippen LogP contribution < -0.4 is 5.32 Å². The Hall–Kier alpha value is 0.660. The zero-order valence-corrected chi connectivity index (χ0v) is 14.8. The van der Waals surface area contributed by atoms with Crippen molar-refractivity contribution in [1.29, 1.82) is 0 Å². The van der Waals surface area contributed by atoms with Crippen LogP contribution in [-0.4, -0.2) is 34.6 Å². The van der Waals surface area contributed by atoms with Gasteiger partial charge in [0, 0.05) is 27.5 Å². The fourth-order valence-electron chi connectivity index (χ4n) is 3.64. The minimum Gasteiger partial charge on any atom is -0.316 e. The molecule has 0 aromatic rings. The SMILES string of the molecule is CNC(C1CCC(C)C(C)C1)C1CSC(C)C(C)S1. The Bertz CT molecular complexity index is 258. The molecule has 1 aliphatic carbocycles. The quantitative estimate of drug-likeness (QED) is 0.836. The lowest BCUT2D eigenvalue weighted by Crippen LogP contribution is -2.48. The minimum atomic E-state index is 0.724. The second-order valence-electron chi connectivity index (χ2n) is 6.76. The first-order valence-electron chi connectivity index (χ1n) is 7.97. The Morgan fingerprint density at radius 3 is 2.32 bits per heavy atom. The lowest BCUT2D eigenvalue weighted by Gasteiger charge is -2.42. The molecule has 1 saturated carbocycles. The molecule has 2 aliphatic rings. The monoisotopic (exact) mass is 301 g/mol. The van der Waals surface area contributed by atoms with Gasteiger partial charge in [0.05, 0.1) is 0 Å². The van der Waals surface area contributed by atoms with E-state index in [1.165, 1.54) is 25.0 Å². The Balaban J connectivity index is 1.96. The van der Waals surface area contributed by atoms with E-state index in [1.54, 1.807) is 0 Å². The zero-order chi connectivity index (χ0) is 14.0. The molecule has 1 aliphatic heterocycles. The third-order valence-electron chi connectivity index (χ3n) is 5.45. The summed E-state index contributed by atoms with van der Waals surface area (Å²) in [6.07, 6.45) is 4.29. The smallest absolute Gasteiger partial charge is 0.0297 e. The Morgan fingerprint density at radius 1 is 1.00 bits per heavy atom. The van der Waals surface area contributed by atoms with Crippen molar-refractivity contribution in [2.24, 2.45) is 17.8 Å². The first-order chi connectivity index (χ1) is 9.02. The summed E-state index contributed by atoms with van der Waals surface area (Å²) < 4.78 is 0. The third-order valence-corrected chi connectivity index (χ3v) is 8.97. The van der Waals surface area contributed by atoms with E-state index in [1.807, 2.05) is 0 Å². The van der Waals surface area contributed by atoms with Gasteiger partial charge < -0.3 is 5.32 Å². The maximum absolute atomic E-state index is 3.68. The molecule has 1 heterocycles. The van der Waals surface area contributed by atoms with E-state index < -0.39 is 0 Å². The van der Waals surface area contributed by atoms with Gasteiger partial charge in [-0.2, -0.15) is 23.5 Å². The highest BCUT2D eigenvalue weighted by Gasteiger charge is 2.37. The summed E-state index contributed by atoms with van der Waals surface area (Å²) in [5.41, 5.74) is 0. The van der Waals surface area contributed by atoms with Crippen LogP contribution >= 0.6 is 23.5 Å². The van der Waals surface area contributed by atoms with Crippen LogP contribution in [0.3, 0.4) is 0 Å². The van der Waals surface area contributed by atoms with E-state index in [2.05, 4.69) is 63.6 Å². The third kappa shape index (κ3) is 3.85. The molecular formula is C16H31NS2. The summed E-state index contributed by atoms with van der Waals surface area (Å²) in [6.45, 7) is 9.69. The molecule has 0 aromatic carbocycles. The van der Waals surface area contributed by atoms with E-state index >= 15 is 0 Å². The Kier molecular flexibility index (Phi) is 5.98. The lowest BCUT2D eigenvalue weighted by atomic mass is 9.72. The maximum Gasteiger partial charge on any atom is 0.0297 e. The van der Waals surface area contributed by atoms with Crippen molar-refractivity contribution in [3.05, 3.63) is 0 Å². The standard InChI is InChI=1S/C16H31NS2/c1-10-6-7-14(8-11(10)2)16(17-5)15-9-18-12(3)13(4)19-15/h10-17H,6-9H2,1-5H3. The molecule has 1 nitrogen and oxygen atoms in total. The zero-order valence-electron chi connectivity index (χ0n) is 13.2. The first kappa shape index (κ1) is 16.0. The molecule has 1 saturated heterocycles. The summed E-state index contributed by atoms with van der Waals surface area (Å²) >= 11 is 4.42. The van der Waals surface area contributed by atoms with Crippen molar-refractivity contribution in [3.8, 4) is 0 Å². The molecular weight excluding hydrogens is 270 g/mol. The second kappa shape index (κ2) is 7.09. The van der Waals surface area contributed by atoms with Gasteiger partial charge in [-0.3, -0.25) is 0 Å². The van der Waals surface area contributed by atoms with Crippen LogP contribution in [0.4, 0.5) is 0 Å². The fourth-order valence-corrected chi connectivity index (χ4v) is 6.89. The number of hydrogen-bond acceptors (Lipinski definition) is 3. The molecule has 3 heteroatoms. The van der Waals surface area contributed by atoms with E-state index in [0.29, 0.717) is 0 Å². The van der Waals surface area contributed by atoms with Gasteiger partial charge in [0.15, 0.2) is 0 Å². The summed E-state index contributed by atoms with van der Waals surface area (Å²) in [7, 11) is 2.18. The van der Waals surface area contributed by atoms with Crippen molar-refractivity contribution in [2.45, 2.75) is 68.7 Å². The largest absolute Gasteiger partial charge is 0.316 e. The topological polar surface area (TPSA) is 12.0 Å². The lowest BCUT2D eigenvalue weighted by molar-refractivity contribution is 0.174. The number of thioether (sulfide) groups is 2. The van der Waals surface area contributed by atoms with Crippen LogP contribution in [0, 0.1) is 17.8 Å². The fraction of sp³-hybridized carbons (Fsp3) is 1.00. The van der Waals surface area contributed by atoms with Gasteiger partial charge in [-0.05, 0) is 37.6 Å². The summed E-state index contributed by atoms with van der Waals surface area (Å²) in [6, 6.07) is 0.724. The average Bonchev–Trinajstić information content (AvgIpc) is 2.39. The van der Waals surface area contributed by atoms with Crippen molar-refractivity contribution < 1.29 is 0 Å². The molecule has 19 heavy (non-hydrogen) atoms. The Labute approximate surface area is 128 Å². The highest BCUT2D eigenvalue weighted by atomic mass is 32.2. The number of nitrogens with one attached hydrogen (secondary N) is 1. The van der Waals surface area contributed by atoms with Gasteiger partial charge in [0.1, 0.15) is 0 Å². The number of rotatable bonds is 3. The van der Waals surface area contributed by atoms with E-state index in [4.69, 9.17) is 0 Å². The predicted octanol–water partition coefficient (Wildman–Crippen LogP) is 4.27. The summed E-state index contributed by atoms with van der Waals surface area (Å²) in [5.74, 6) is 4.07. The molecule has 0 bridgehead atoms. The van der Waals surface area contributed by atoms with Crippen LogP contribution in [0.15, 0.2) is 0 Å². The molecule has 2 fully saturated rings. The van der Waals surface area contributed by atoms with Gasteiger partial charge in [-0.1, -0.05) is 34.1 Å². The average molecular weight is 302 g/mol. The molecule has 7 unspecified atom stereocenters. The maximum atomic E-state index is 3.68. The highest BCUT2D eigenvalue weighted by molar-refractivity contribution is 8.07. The molecule has 7 atom stereocenters. The predicted molar refractivity (Wildman–Crippen MR) is 91.3 cm³/mol. The van der Waals surface area contributed by atoms with Crippen LogP contribution in [0.1, 0.15) is 47.0 Å². The van der Waals surface area contributed by atoms with Crippen molar-refractivity contribution in [1.82, 2.24) is 5.32 Å². The van der Waals surface area contributed by atoms with Crippen LogP contribution in [-0.2, 0) is 0 Å². The molecule has 1 N–H and O–H groups in total. The second-order valence-corrected chi connectivity index (χ2v) is 9.79. The van der Waals surface area contributed by atoms with Crippen molar-refractivity contribution in [3.63, 3.8) is 0 Å². The van der Waals surface area contributed by atoms with Gasteiger partial charge in [0.2, 0.25) is 0 Å². The van der Waals surface area contributed by atoms with Gasteiger partial charge >= 0.3 is 0 Å². The van der Waals surface area contributed by atoms with Crippen LogP contribution in [0.5, 0.6) is 0 Å². The van der Waals surface area contributed by atoms with Crippen LogP contribution in [0.25, 0.3) is 0 Å². The normalized spacial score (nSPS) is 45.9. The minimum absolute atomic E-state index is 0.724. The van der Waals surface area contributed by atoms with E-state index in [-0.39, 0.29) is 0 Å². The highest BCUT2D eigenvalue weighted by Crippen LogP contribution is 2.42. The summed E-state index contributed by atoms with van der Waals surface area (Å²) in [5, 5.41) is 6.12. The molecule has 2 rings (SSSR count). The van der Waals surface area contributed by atoms with Crippen molar-refractivity contribution >= 4 is 23.5 Å². The first-order valence-corrected chi connectivity index (χ1v) is 9.96. The summed E-state index contributed by atoms with van der Waals surface area (Å²) in [4.78, 5) is 0. The van der Waals surface area contributed by atoms with Gasteiger partial charge in [-0.25, -0.2) is 0 Å². The molecule has 0 amide bonds. The van der Waals surface area contributed by atoms with E-state index in [0.717, 1.165) is 39.5 Å². The molecule has 0 aromatic heterocycles. The molecule has 0 radical (unpaired) electrons. The van der Waals surface area contributed by atoms with Gasteiger partial charge in [0.25, 0.3) is 0 Å². The van der Waals surface area contributed by atoms with Gasteiger partial charge in [-0.15, -0.1) is 0 Å². The number of hydrogen-bond donors (Lipinski definition) is 1.